The lowest BCUT2D eigenvalue weighted by Crippen LogP contribution is -2.13. The van der Waals surface area contributed by atoms with Gasteiger partial charge in [0.05, 0.1) is 23.3 Å². The normalized spacial score (nSPS) is 12.9. The molecule has 0 radical (unpaired) electrons. The number of benzene rings is 1. The number of amides is 1. The average Bonchev–Trinajstić information content (AvgIpc) is 3.36. The molecule has 4 rings (SSSR count). The number of anilines is 1. The van der Waals surface area contributed by atoms with Gasteiger partial charge < -0.3 is 14.6 Å². The van der Waals surface area contributed by atoms with Gasteiger partial charge in [0.15, 0.2) is 0 Å². The lowest BCUT2D eigenvalue weighted by atomic mass is 9.96. The molecule has 1 amide bonds. The average molecular weight is 502 g/mol. The van der Waals surface area contributed by atoms with Gasteiger partial charge in [0, 0.05) is 28.4 Å². The lowest BCUT2D eigenvalue weighted by Gasteiger charge is -2.13. The van der Waals surface area contributed by atoms with Gasteiger partial charge in [-0.15, -0.1) is 11.3 Å². The zero-order valence-corrected chi connectivity index (χ0v) is 20.9. The van der Waals surface area contributed by atoms with Crippen LogP contribution in [0.4, 0.5) is 10.7 Å². The van der Waals surface area contributed by atoms with Crippen LogP contribution in [0.1, 0.15) is 45.8 Å². The fraction of sp³-hybridized carbons (Fsp3) is 0.269. The van der Waals surface area contributed by atoms with Gasteiger partial charge in [-0.1, -0.05) is 0 Å². The van der Waals surface area contributed by atoms with E-state index in [0.717, 1.165) is 41.8 Å². The molecule has 1 N–H and O–H groups in total. The third kappa shape index (κ3) is 4.47. The first-order valence-electron chi connectivity index (χ1n) is 11.3. The quantitative estimate of drug-likeness (QED) is 0.209. The van der Waals surface area contributed by atoms with Crippen molar-refractivity contribution in [3.63, 3.8) is 0 Å². The van der Waals surface area contributed by atoms with Crippen LogP contribution >= 0.6 is 11.3 Å². The molecule has 9 nitrogen and oxygen atoms in total. The number of nitrogens with one attached hydrogen (secondary N) is 1. The van der Waals surface area contributed by atoms with E-state index in [1.165, 1.54) is 42.7 Å². The second kappa shape index (κ2) is 10.1. The van der Waals surface area contributed by atoms with Crippen LogP contribution < -0.4 is 10.1 Å². The van der Waals surface area contributed by atoms with Gasteiger partial charge in [-0.05, 0) is 68.9 Å². The SMILES string of the molecule is COc1ccc([N+](=O)[O-])cc1-n1c(C)cc(/C=C(\C#N)C(=O)Nc2sc3c(c2C#N)CCCC3)c1C. The highest BCUT2D eigenvalue weighted by atomic mass is 32.1. The third-order valence-corrected chi connectivity index (χ3v) is 7.47. The number of rotatable bonds is 6. The van der Waals surface area contributed by atoms with Crippen LogP contribution in [-0.2, 0) is 17.6 Å². The van der Waals surface area contributed by atoms with E-state index in [1.807, 2.05) is 13.0 Å². The summed E-state index contributed by atoms with van der Waals surface area (Å²) >= 11 is 1.40. The fourth-order valence-corrected chi connectivity index (χ4v) is 5.75. The van der Waals surface area contributed by atoms with Gasteiger partial charge in [-0.25, -0.2) is 0 Å². The summed E-state index contributed by atoms with van der Waals surface area (Å²) in [5.74, 6) is -0.146. The monoisotopic (exact) mass is 501 g/mol. The number of aromatic nitrogens is 1. The van der Waals surface area contributed by atoms with Crippen molar-refractivity contribution in [1.29, 1.82) is 10.5 Å². The number of nitro benzene ring substituents is 1. The van der Waals surface area contributed by atoms with E-state index in [0.29, 0.717) is 33.3 Å². The first-order valence-corrected chi connectivity index (χ1v) is 12.1. The maximum atomic E-state index is 13.0. The van der Waals surface area contributed by atoms with Gasteiger partial charge in [0.1, 0.15) is 28.5 Å². The maximum absolute atomic E-state index is 13.0. The summed E-state index contributed by atoms with van der Waals surface area (Å²) in [5, 5.41) is 34.0. The summed E-state index contributed by atoms with van der Waals surface area (Å²) in [4.78, 5) is 25.0. The highest BCUT2D eigenvalue weighted by Crippen LogP contribution is 2.38. The van der Waals surface area contributed by atoms with Crippen LogP contribution in [0.5, 0.6) is 5.75 Å². The standard InChI is InChI=1S/C26H23N5O4S/c1-15-10-17(16(2)30(15)22-12-19(31(33)34)8-9-23(22)35-3)11-18(13-27)25(32)29-26-21(14-28)20-6-4-5-7-24(20)36-26/h8-12H,4-7H2,1-3H3,(H,29,32)/b18-11+. The first kappa shape index (κ1) is 24.7. The smallest absolute Gasteiger partial charge is 0.271 e. The molecule has 36 heavy (non-hydrogen) atoms. The number of thiophene rings is 1. The van der Waals surface area contributed by atoms with E-state index in [2.05, 4.69) is 11.4 Å². The van der Waals surface area contributed by atoms with Crippen LogP contribution in [0, 0.1) is 46.6 Å². The van der Waals surface area contributed by atoms with Gasteiger partial charge in [-0.3, -0.25) is 14.9 Å². The number of nitrogens with zero attached hydrogens (tertiary/aromatic N) is 4. The number of nitriles is 2. The molecule has 0 bridgehead atoms. The highest BCUT2D eigenvalue weighted by Gasteiger charge is 2.23. The Morgan fingerprint density at radius 1 is 1.25 bits per heavy atom. The molecular weight excluding hydrogens is 478 g/mol. The van der Waals surface area contributed by atoms with E-state index >= 15 is 0 Å². The molecule has 0 saturated heterocycles. The number of aryl methyl sites for hydroxylation is 2. The van der Waals surface area contributed by atoms with E-state index in [-0.39, 0.29) is 11.3 Å². The molecule has 1 aromatic carbocycles. The number of hydrogen-bond donors (Lipinski definition) is 1. The topological polar surface area (TPSA) is 134 Å². The van der Waals surface area contributed by atoms with Crippen molar-refractivity contribution in [1.82, 2.24) is 4.57 Å². The van der Waals surface area contributed by atoms with E-state index < -0.39 is 10.8 Å². The van der Waals surface area contributed by atoms with Crippen LogP contribution in [0.2, 0.25) is 0 Å². The minimum atomic E-state index is -0.592. The molecule has 3 aromatic rings. The molecule has 0 fully saturated rings. The minimum absolute atomic E-state index is 0.0839. The number of non-ortho nitro benzene ring substituents is 1. The number of hydrogen-bond acceptors (Lipinski definition) is 7. The van der Waals surface area contributed by atoms with Crippen molar-refractivity contribution in [2.75, 3.05) is 12.4 Å². The predicted molar refractivity (Wildman–Crippen MR) is 136 cm³/mol. The number of carbonyl (C=O) groups is 1. The van der Waals surface area contributed by atoms with Crippen molar-refractivity contribution in [3.05, 3.63) is 72.9 Å². The van der Waals surface area contributed by atoms with E-state index in [9.17, 15) is 25.4 Å². The summed E-state index contributed by atoms with van der Waals surface area (Å²) in [6.45, 7) is 3.62. The van der Waals surface area contributed by atoms with Crippen LogP contribution in [0.15, 0.2) is 29.8 Å². The second-order valence-electron chi connectivity index (χ2n) is 8.43. The van der Waals surface area contributed by atoms with Crippen LogP contribution in [-0.4, -0.2) is 22.5 Å². The van der Waals surface area contributed by atoms with Gasteiger partial charge in [-0.2, -0.15) is 10.5 Å². The zero-order chi connectivity index (χ0) is 26.0. The van der Waals surface area contributed by atoms with Crippen molar-refractivity contribution in [2.45, 2.75) is 39.5 Å². The second-order valence-corrected chi connectivity index (χ2v) is 9.53. The van der Waals surface area contributed by atoms with Crippen LogP contribution in [0.25, 0.3) is 11.8 Å². The number of nitro groups is 1. The molecule has 2 heterocycles. The Labute approximate surface area is 212 Å². The summed E-state index contributed by atoms with van der Waals surface area (Å²) in [5.41, 5.74) is 3.79. The third-order valence-electron chi connectivity index (χ3n) is 6.26. The molecule has 2 aromatic heterocycles. The molecule has 1 aliphatic carbocycles. The molecule has 0 aliphatic heterocycles. The van der Waals surface area contributed by atoms with Gasteiger partial charge >= 0.3 is 0 Å². The Bertz CT molecular complexity index is 1500. The Balaban J connectivity index is 1.70. The van der Waals surface area contributed by atoms with Crippen molar-refractivity contribution in [3.8, 4) is 23.6 Å². The summed E-state index contributed by atoms with van der Waals surface area (Å²) in [6.07, 6.45) is 5.26. The largest absolute Gasteiger partial charge is 0.495 e. The van der Waals surface area contributed by atoms with Crippen molar-refractivity contribution < 1.29 is 14.5 Å². The summed E-state index contributed by atoms with van der Waals surface area (Å²) < 4.78 is 7.20. The molecule has 1 aliphatic rings. The van der Waals surface area contributed by atoms with E-state index in [1.54, 1.807) is 17.6 Å². The predicted octanol–water partition coefficient (Wildman–Crippen LogP) is 5.37. The van der Waals surface area contributed by atoms with Crippen molar-refractivity contribution >= 4 is 34.0 Å². The zero-order valence-electron chi connectivity index (χ0n) is 20.0. The Morgan fingerprint density at radius 2 is 2.00 bits per heavy atom. The van der Waals surface area contributed by atoms with Crippen molar-refractivity contribution in [2.24, 2.45) is 0 Å². The maximum Gasteiger partial charge on any atom is 0.271 e. The van der Waals surface area contributed by atoms with Gasteiger partial charge in [0.2, 0.25) is 0 Å². The number of ether oxygens (including phenoxy) is 1. The van der Waals surface area contributed by atoms with Gasteiger partial charge in [0.25, 0.3) is 11.6 Å². The Morgan fingerprint density at radius 3 is 2.67 bits per heavy atom. The molecule has 10 heteroatoms. The Kier molecular flexibility index (Phi) is 6.91. The molecule has 182 valence electrons. The van der Waals surface area contributed by atoms with Crippen LogP contribution in [0.3, 0.4) is 0 Å². The molecule has 0 atom stereocenters. The molecular formula is C26H23N5O4S. The van der Waals surface area contributed by atoms with E-state index in [4.69, 9.17) is 4.74 Å². The number of fused-ring (bicyclic) bond motifs is 1. The lowest BCUT2D eigenvalue weighted by molar-refractivity contribution is -0.384. The minimum Gasteiger partial charge on any atom is -0.495 e. The molecule has 0 saturated carbocycles. The Hall–Kier alpha value is -4.41. The summed E-state index contributed by atoms with van der Waals surface area (Å²) in [6, 6.07) is 10.3. The number of methoxy groups -OCH3 is 1. The highest BCUT2D eigenvalue weighted by molar-refractivity contribution is 7.16. The fourth-order valence-electron chi connectivity index (χ4n) is 4.52. The first-order chi connectivity index (χ1) is 17.3. The summed E-state index contributed by atoms with van der Waals surface area (Å²) in [7, 11) is 1.48. The molecule has 0 unspecified atom stereocenters. The number of carbonyl (C=O) groups excluding carboxylic acids is 1. The molecule has 0 spiro atoms.